The number of carbonyl (C=O) groups excluding carboxylic acids is 1. The van der Waals surface area contributed by atoms with Crippen molar-refractivity contribution < 1.29 is 27.8 Å². The minimum absolute atomic E-state index is 0.0788. The van der Waals surface area contributed by atoms with Crippen molar-refractivity contribution in [1.82, 2.24) is 15.3 Å². The zero-order valence-electron chi connectivity index (χ0n) is 19.3. The second kappa shape index (κ2) is 11.2. The lowest BCUT2D eigenvalue weighted by molar-refractivity contribution is -0.274. The molecule has 35 heavy (non-hydrogen) atoms. The van der Waals surface area contributed by atoms with Crippen molar-refractivity contribution in [3.63, 3.8) is 0 Å². The predicted molar refractivity (Wildman–Crippen MR) is 124 cm³/mol. The van der Waals surface area contributed by atoms with Gasteiger partial charge in [0.05, 0.1) is 6.10 Å². The zero-order chi connectivity index (χ0) is 24.8. The molecular formula is C24H30F3N5O3. The Hall–Kier alpha value is -2.92. The van der Waals surface area contributed by atoms with Crippen LogP contribution >= 0.6 is 0 Å². The highest BCUT2D eigenvalue weighted by molar-refractivity contribution is 6.05. The molecule has 0 radical (unpaired) electrons. The fraction of sp³-hybridized carbons (Fsp3) is 0.542. The van der Waals surface area contributed by atoms with Crippen LogP contribution in [0.15, 0.2) is 36.5 Å². The monoisotopic (exact) mass is 493 g/mol. The van der Waals surface area contributed by atoms with Crippen LogP contribution in [0.3, 0.4) is 0 Å². The van der Waals surface area contributed by atoms with Gasteiger partial charge < -0.3 is 20.5 Å². The van der Waals surface area contributed by atoms with E-state index in [4.69, 9.17) is 0 Å². The Kier molecular flexibility index (Phi) is 8.07. The van der Waals surface area contributed by atoms with E-state index >= 15 is 0 Å². The van der Waals surface area contributed by atoms with Crippen LogP contribution in [0.1, 0.15) is 48.9 Å². The highest BCUT2D eigenvalue weighted by atomic mass is 19.4. The van der Waals surface area contributed by atoms with Gasteiger partial charge in [0.2, 0.25) is 5.95 Å². The Morgan fingerprint density at radius 1 is 1.14 bits per heavy atom. The van der Waals surface area contributed by atoms with Crippen molar-refractivity contribution in [3.8, 4) is 5.75 Å². The summed E-state index contributed by atoms with van der Waals surface area (Å²) >= 11 is 0. The largest absolute Gasteiger partial charge is 0.573 e. The van der Waals surface area contributed by atoms with E-state index in [-0.39, 0.29) is 23.6 Å². The summed E-state index contributed by atoms with van der Waals surface area (Å²) in [6.07, 6.45) is 1.17. The van der Waals surface area contributed by atoms with E-state index in [1.807, 2.05) is 0 Å². The summed E-state index contributed by atoms with van der Waals surface area (Å²) in [5.41, 5.74) is 0.0788. The molecule has 0 spiro atoms. The fourth-order valence-electron chi connectivity index (χ4n) is 4.56. The molecule has 1 saturated carbocycles. The molecule has 1 aromatic heterocycles. The van der Waals surface area contributed by atoms with E-state index < -0.39 is 18.0 Å². The van der Waals surface area contributed by atoms with Gasteiger partial charge in [-0.2, -0.15) is 4.98 Å². The lowest BCUT2D eigenvalue weighted by Crippen LogP contribution is -2.40. The number of halogens is 3. The number of anilines is 2. The van der Waals surface area contributed by atoms with E-state index in [2.05, 4.69) is 25.3 Å². The quantitative estimate of drug-likeness (QED) is 0.541. The molecular weight excluding hydrogens is 463 g/mol. The summed E-state index contributed by atoms with van der Waals surface area (Å²) in [5, 5.41) is 16.3. The smallest absolute Gasteiger partial charge is 0.406 e. The molecule has 0 bridgehead atoms. The fourth-order valence-corrected chi connectivity index (χ4v) is 4.56. The van der Waals surface area contributed by atoms with E-state index in [0.29, 0.717) is 31.2 Å². The van der Waals surface area contributed by atoms with Gasteiger partial charge in [0, 0.05) is 24.3 Å². The number of ether oxygens (including phenoxy) is 1. The van der Waals surface area contributed by atoms with Crippen LogP contribution in [0.5, 0.6) is 5.75 Å². The van der Waals surface area contributed by atoms with Gasteiger partial charge in [0.25, 0.3) is 5.91 Å². The van der Waals surface area contributed by atoms with Crippen molar-refractivity contribution in [3.05, 3.63) is 42.1 Å². The van der Waals surface area contributed by atoms with E-state index in [1.54, 1.807) is 12.3 Å². The van der Waals surface area contributed by atoms with Gasteiger partial charge in [-0.1, -0.05) is 6.07 Å². The van der Waals surface area contributed by atoms with E-state index in [1.165, 1.54) is 17.0 Å². The molecule has 3 N–H and O–H groups in total. The molecule has 1 aliphatic heterocycles. The molecule has 2 aliphatic rings. The summed E-state index contributed by atoms with van der Waals surface area (Å²) in [6, 6.07) is 6.84. The molecule has 0 unspecified atom stereocenters. The molecule has 4 rings (SSSR count). The number of nitrogens with zero attached hydrogens (tertiary/aromatic N) is 3. The number of aliphatic hydroxyl groups is 1. The SMILES string of the molecule is O=C(c1cccc(OC(F)(F)F)c1)N(CC1CCNCC1)c1ccnc(NC2CCC(O)CC2)n1. The molecule has 2 aromatic rings. The number of hydrogen-bond acceptors (Lipinski definition) is 7. The average molecular weight is 494 g/mol. The van der Waals surface area contributed by atoms with Crippen molar-refractivity contribution in [2.75, 3.05) is 29.9 Å². The number of rotatable bonds is 7. The topological polar surface area (TPSA) is 99.6 Å². The zero-order valence-corrected chi connectivity index (χ0v) is 19.3. The van der Waals surface area contributed by atoms with Gasteiger partial charge >= 0.3 is 6.36 Å². The maximum Gasteiger partial charge on any atom is 0.573 e. The minimum Gasteiger partial charge on any atom is -0.406 e. The maximum absolute atomic E-state index is 13.5. The van der Waals surface area contributed by atoms with Crippen molar-refractivity contribution >= 4 is 17.7 Å². The molecule has 2 heterocycles. The van der Waals surface area contributed by atoms with E-state index in [9.17, 15) is 23.1 Å². The van der Waals surface area contributed by atoms with Crippen LogP contribution in [-0.4, -0.2) is 59.1 Å². The number of carbonyl (C=O) groups is 1. The molecule has 2 fully saturated rings. The number of alkyl halides is 3. The van der Waals surface area contributed by atoms with Crippen LogP contribution in [0.4, 0.5) is 24.9 Å². The van der Waals surface area contributed by atoms with E-state index in [0.717, 1.165) is 50.9 Å². The van der Waals surface area contributed by atoms with Crippen molar-refractivity contribution in [2.45, 2.75) is 57.0 Å². The summed E-state index contributed by atoms with van der Waals surface area (Å²) in [4.78, 5) is 23.9. The summed E-state index contributed by atoms with van der Waals surface area (Å²) in [7, 11) is 0. The minimum atomic E-state index is -4.85. The second-order valence-electron chi connectivity index (χ2n) is 9.07. The molecule has 1 saturated heterocycles. The van der Waals surface area contributed by atoms with Gasteiger partial charge in [-0.3, -0.25) is 9.69 Å². The first-order valence-electron chi connectivity index (χ1n) is 11.9. The predicted octanol–water partition coefficient (Wildman–Crippen LogP) is 3.74. The third kappa shape index (κ3) is 7.28. The lowest BCUT2D eigenvalue weighted by Gasteiger charge is -2.30. The number of benzene rings is 1. The number of aromatic nitrogens is 2. The Morgan fingerprint density at radius 2 is 1.89 bits per heavy atom. The first-order chi connectivity index (χ1) is 16.8. The Labute approximate surface area is 201 Å². The highest BCUT2D eigenvalue weighted by Crippen LogP contribution is 2.27. The molecule has 0 atom stereocenters. The third-order valence-corrected chi connectivity index (χ3v) is 6.41. The standard InChI is InChI=1S/C24H30F3N5O3/c25-24(26,27)35-20-3-1-2-17(14-20)22(34)32(15-16-8-11-28-12-9-16)21-10-13-29-23(31-21)30-18-4-6-19(33)7-5-18/h1-3,10,13-14,16,18-19,28,33H,4-9,11-12,15H2,(H,29,30,31). The lowest BCUT2D eigenvalue weighted by atomic mass is 9.93. The first kappa shape index (κ1) is 25.2. The number of nitrogens with one attached hydrogen (secondary N) is 2. The Balaban J connectivity index is 1.57. The van der Waals surface area contributed by atoms with Gasteiger partial charge in [0.15, 0.2) is 0 Å². The maximum atomic E-state index is 13.5. The summed E-state index contributed by atoms with van der Waals surface area (Å²) in [6.45, 7) is 2.06. The molecule has 1 amide bonds. The number of hydrogen-bond donors (Lipinski definition) is 3. The van der Waals surface area contributed by atoms with Crippen molar-refractivity contribution in [2.24, 2.45) is 5.92 Å². The Morgan fingerprint density at radius 3 is 2.60 bits per heavy atom. The van der Waals surface area contributed by atoms with Crippen LogP contribution in [-0.2, 0) is 0 Å². The molecule has 8 nitrogen and oxygen atoms in total. The van der Waals surface area contributed by atoms with Crippen LogP contribution < -0.4 is 20.3 Å². The van der Waals surface area contributed by atoms with Crippen LogP contribution in [0.25, 0.3) is 0 Å². The average Bonchev–Trinajstić information content (AvgIpc) is 2.83. The molecule has 1 aliphatic carbocycles. The molecule has 1 aromatic carbocycles. The van der Waals surface area contributed by atoms with Gasteiger partial charge in [-0.15, -0.1) is 13.2 Å². The number of amides is 1. The normalized spacial score (nSPS) is 21.4. The second-order valence-corrected chi connectivity index (χ2v) is 9.07. The van der Waals surface area contributed by atoms with Crippen LogP contribution in [0, 0.1) is 5.92 Å². The van der Waals surface area contributed by atoms with Gasteiger partial charge in [-0.25, -0.2) is 4.98 Å². The third-order valence-electron chi connectivity index (χ3n) is 6.41. The van der Waals surface area contributed by atoms with Crippen molar-refractivity contribution in [1.29, 1.82) is 0 Å². The first-order valence-corrected chi connectivity index (χ1v) is 11.9. The van der Waals surface area contributed by atoms with Gasteiger partial charge in [-0.05, 0) is 81.8 Å². The Bertz CT molecular complexity index is 992. The summed E-state index contributed by atoms with van der Waals surface area (Å²) in [5.74, 6) is 0.0717. The molecule has 11 heteroatoms. The highest BCUT2D eigenvalue weighted by Gasteiger charge is 2.32. The molecule has 190 valence electrons. The summed E-state index contributed by atoms with van der Waals surface area (Å²) < 4.78 is 42.1. The number of aliphatic hydroxyl groups excluding tert-OH is 1. The number of piperidine rings is 1. The van der Waals surface area contributed by atoms with Gasteiger partial charge in [0.1, 0.15) is 11.6 Å². The van der Waals surface area contributed by atoms with Crippen LogP contribution in [0.2, 0.25) is 0 Å².